The Balaban J connectivity index is 2.15. The molecule has 2 N–H and O–H groups in total. The van der Waals surface area contributed by atoms with Crippen LogP contribution in [0.3, 0.4) is 0 Å². The van der Waals surface area contributed by atoms with E-state index in [2.05, 4.69) is 0 Å². The monoisotopic (exact) mass is 333 g/mol. The summed E-state index contributed by atoms with van der Waals surface area (Å²) in [5.41, 5.74) is 1.93. The molecule has 0 saturated carbocycles. The summed E-state index contributed by atoms with van der Waals surface area (Å²) in [7, 11) is -3.14. The number of fused-ring (bicyclic) bond motifs is 1. The fourth-order valence-electron chi connectivity index (χ4n) is 2.76. The normalized spacial score (nSPS) is 22.0. The second kappa shape index (κ2) is 6.07. The Morgan fingerprint density at radius 2 is 1.78 bits per heavy atom. The molecule has 4 nitrogen and oxygen atoms in total. The number of ether oxygens (including phenoxy) is 1. The van der Waals surface area contributed by atoms with Crippen molar-refractivity contribution in [3.05, 3.63) is 54.1 Å². The highest BCUT2D eigenvalue weighted by molar-refractivity contribution is 8.26. The molecule has 0 radical (unpaired) electrons. The summed E-state index contributed by atoms with van der Waals surface area (Å²) < 4.78 is 29.6. The second-order valence-corrected chi connectivity index (χ2v) is 7.98. The molecule has 1 aliphatic rings. The van der Waals surface area contributed by atoms with E-state index in [-0.39, 0.29) is 5.92 Å². The number of anilines is 2. The van der Waals surface area contributed by atoms with Crippen LogP contribution in [0.2, 0.25) is 0 Å². The van der Waals surface area contributed by atoms with Crippen molar-refractivity contribution in [2.45, 2.75) is 32.6 Å². The molecule has 124 valence electrons. The second-order valence-electron chi connectivity index (χ2n) is 6.03. The van der Waals surface area contributed by atoms with Gasteiger partial charge in [-0.3, -0.25) is 9.11 Å². The number of rotatable bonds is 3. The Hall–Kier alpha value is -1.69. The zero-order chi connectivity index (χ0) is 16.6. The molecule has 1 aliphatic heterocycles. The molecule has 2 aromatic carbocycles. The number of benzene rings is 2. The first kappa shape index (κ1) is 16.2. The standard InChI is InChI=1S/C18H23NO3S/c1-4-14(3)18-22-17-8-6-5-7-16(17)19(23(18,20)21)15-11-9-13(2)10-12-15/h5-12,14,18,20-21H,4H2,1-3H3. The van der Waals surface area contributed by atoms with E-state index in [0.717, 1.165) is 17.7 Å². The van der Waals surface area contributed by atoms with Gasteiger partial charge in [-0.15, -0.1) is 0 Å². The van der Waals surface area contributed by atoms with Crippen molar-refractivity contribution in [1.82, 2.24) is 0 Å². The van der Waals surface area contributed by atoms with Crippen LogP contribution in [0.5, 0.6) is 5.75 Å². The molecule has 0 bridgehead atoms. The van der Waals surface area contributed by atoms with Gasteiger partial charge in [-0.25, -0.2) is 4.31 Å². The number of hydrogen-bond donors (Lipinski definition) is 2. The molecule has 2 unspecified atom stereocenters. The lowest BCUT2D eigenvalue weighted by atomic mass is 10.1. The minimum atomic E-state index is -3.14. The van der Waals surface area contributed by atoms with Crippen LogP contribution >= 0.6 is 10.8 Å². The van der Waals surface area contributed by atoms with Gasteiger partial charge in [0.2, 0.25) is 5.44 Å². The summed E-state index contributed by atoms with van der Waals surface area (Å²) in [6.07, 6.45) is 0.810. The molecule has 23 heavy (non-hydrogen) atoms. The van der Waals surface area contributed by atoms with E-state index in [9.17, 15) is 9.11 Å². The Labute approximate surface area is 139 Å². The summed E-state index contributed by atoms with van der Waals surface area (Å²) in [4.78, 5) is 0. The van der Waals surface area contributed by atoms with E-state index >= 15 is 0 Å². The predicted molar refractivity (Wildman–Crippen MR) is 96.5 cm³/mol. The van der Waals surface area contributed by atoms with E-state index in [0.29, 0.717) is 11.4 Å². The van der Waals surface area contributed by atoms with E-state index < -0.39 is 16.2 Å². The van der Waals surface area contributed by atoms with Crippen molar-refractivity contribution in [3.8, 4) is 5.75 Å². The van der Waals surface area contributed by atoms with Crippen LogP contribution in [0, 0.1) is 12.8 Å². The van der Waals surface area contributed by atoms with Gasteiger partial charge in [-0.05, 0) is 37.6 Å². The summed E-state index contributed by atoms with van der Waals surface area (Å²) in [6, 6.07) is 15.3. The number of nitrogens with zero attached hydrogens (tertiary/aromatic N) is 1. The van der Waals surface area contributed by atoms with Gasteiger partial charge in [0.1, 0.15) is 11.4 Å². The lowest BCUT2D eigenvalue weighted by Crippen LogP contribution is -2.42. The van der Waals surface area contributed by atoms with Gasteiger partial charge in [0.15, 0.2) is 0 Å². The predicted octanol–water partition coefficient (Wildman–Crippen LogP) is 5.56. The van der Waals surface area contributed by atoms with Crippen molar-refractivity contribution in [1.29, 1.82) is 0 Å². The average Bonchev–Trinajstić information content (AvgIpc) is 2.54. The molecule has 0 spiro atoms. The molecule has 2 aromatic rings. The molecule has 0 fully saturated rings. The molecule has 2 atom stereocenters. The Bertz CT molecular complexity index is 687. The van der Waals surface area contributed by atoms with Crippen molar-refractivity contribution in [3.63, 3.8) is 0 Å². The SMILES string of the molecule is CCC(C)C1Oc2ccccc2N(c2ccc(C)cc2)S1(O)O. The molecule has 5 heteroatoms. The van der Waals surface area contributed by atoms with Crippen LogP contribution in [-0.4, -0.2) is 14.5 Å². The summed E-state index contributed by atoms with van der Waals surface area (Å²) in [5, 5.41) is 0. The van der Waals surface area contributed by atoms with Gasteiger partial charge in [0, 0.05) is 5.92 Å². The zero-order valence-corrected chi connectivity index (χ0v) is 14.5. The van der Waals surface area contributed by atoms with Crippen LogP contribution in [0.25, 0.3) is 0 Å². The molecule has 0 aliphatic carbocycles. The summed E-state index contributed by atoms with van der Waals surface area (Å²) >= 11 is 0. The molecule has 0 amide bonds. The van der Waals surface area contributed by atoms with Crippen molar-refractivity contribution in [2.75, 3.05) is 4.31 Å². The Morgan fingerprint density at radius 3 is 2.43 bits per heavy atom. The fraction of sp³-hybridized carbons (Fsp3) is 0.333. The largest absolute Gasteiger partial charge is 0.466 e. The molecular formula is C18H23NO3S. The lowest BCUT2D eigenvalue weighted by molar-refractivity contribution is 0.191. The lowest BCUT2D eigenvalue weighted by Gasteiger charge is -2.53. The van der Waals surface area contributed by atoms with Crippen LogP contribution in [0.1, 0.15) is 25.8 Å². The van der Waals surface area contributed by atoms with E-state index in [1.165, 1.54) is 0 Å². The molecule has 0 aromatic heterocycles. The van der Waals surface area contributed by atoms with E-state index in [1.807, 2.05) is 69.3 Å². The summed E-state index contributed by atoms with van der Waals surface area (Å²) in [6.45, 7) is 6.03. The minimum absolute atomic E-state index is 0.0290. The van der Waals surface area contributed by atoms with Gasteiger partial charge in [-0.1, -0.05) is 54.5 Å². The molecule has 1 heterocycles. The topological polar surface area (TPSA) is 52.9 Å². The highest BCUT2D eigenvalue weighted by atomic mass is 32.3. The van der Waals surface area contributed by atoms with Crippen molar-refractivity contribution < 1.29 is 13.8 Å². The Morgan fingerprint density at radius 1 is 1.13 bits per heavy atom. The van der Waals surface area contributed by atoms with E-state index in [4.69, 9.17) is 4.74 Å². The minimum Gasteiger partial charge on any atom is -0.466 e. The quantitative estimate of drug-likeness (QED) is 0.771. The van der Waals surface area contributed by atoms with Gasteiger partial charge >= 0.3 is 0 Å². The van der Waals surface area contributed by atoms with E-state index in [1.54, 1.807) is 4.31 Å². The van der Waals surface area contributed by atoms with Crippen molar-refractivity contribution in [2.24, 2.45) is 5.92 Å². The highest BCUT2D eigenvalue weighted by Crippen LogP contribution is 2.62. The van der Waals surface area contributed by atoms with Gasteiger partial charge in [-0.2, -0.15) is 0 Å². The average molecular weight is 333 g/mol. The third-order valence-corrected chi connectivity index (χ3v) is 6.41. The van der Waals surface area contributed by atoms with Crippen LogP contribution in [0.4, 0.5) is 11.4 Å². The molecule has 0 saturated heterocycles. The van der Waals surface area contributed by atoms with Crippen LogP contribution < -0.4 is 9.04 Å². The smallest absolute Gasteiger partial charge is 0.209 e. The Kier molecular flexibility index (Phi) is 4.27. The van der Waals surface area contributed by atoms with Crippen molar-refractivity contribution >= 4 is 22.2 Å². The first-order chi connectivity index (χ1) is 10.9. The zero-order valence-electron chi connectivity index (χ0n) is 13.6. The number of hydrogen-bond acceptors (Lipinski definition) is 4. The first-order valence-corrected chi connectivity index (χ1v) is 9.41. The molecule has 3 rings (SSSR count). The maximum atomic E-state index is 11.0. The number of para-hydroxylation sites is 2. The highest BCUT2D eigenvalue weighted by Gasteiger charge is 2.43. The fourth-order valence-corrected chi connectivity index (χ4v) is 4.89. The maximum absolute atomic E-state index is 11.0. The molecular weight excluding hydrogens is 310 g/mol. The first-order valence-electron chi connectivity index (χ1n) is 7.85. The third-order valence-electron chi connectivity index (χ3n) is 4.28. The maximum Gasteiger partial charge on any atom is 0.209 e. The third kappa shape index (κ3) is 2.80. The number of aryl methyl sites for hydroxylation is 1. The van der Waals surface area contributed by atoms with Gasteiger partial charge in [0.25, 0.3) is 0 Å². The van der Waals surface area contributed by atoms with Gasteiger partial charge < -0.3 is 4.74 Å². The van der Waals surface area contributed by atoms with Crippen LogP contribution in [-0.2, 0) is 0 Å². The van der Waals surface area contributed by atoms with Gasteiger partial charge in [0.05, 0.1) is 5.69 Å². The van der Waals surface area contributed by atoms with Crippen LogP contribution in [0.15, 0.2) is 48.5 Å². The summed E-state index contributed by atoms with van der Waals surface area (Å²) in [5.74, 6) is 0.714.